The van der Waals surface area contributed by atoms with Gasteiger partial charge < -0.3 is 20.3 Å². The minimum Gasteiger partial charge on any atom is -0.508 e. The predicted octanol–water partition coefficient (Wildman–Crippen LogP) is 0.360. The average molecular weight is 278 g/mol. The first kappa shape index (κ1) is 13.2. The zero-order chi connectivity index (χ0) is 14.2. The van der Waals surface area contributed by atoms with E-state index in [1.807, 2.05) is 4.90 Å². The third-order valence-electron chi connectivity index (χ3n) is 4.08. The number of carboxylic acids is 1. The molecule has 0 amide bonds. The molecule has 0 bridgehead atoms. The Morgan fingerprint density at radius 2 is 2.20 bits per heavy atom. The SMILES string of the molecule is O=C(O)C1(N2CCCNCC2)COc2cc(O)ccc21. The summed E-state index contributed by atoms with van der Waals surface area (Å²) in [5, 5.41) is 22.6. The fraction of sp³-hybridized carbons (Fsp3) is 0.500. The van der Waals surface area contributed by atoms with Gasteiger partial charge in [-0.15, -0.1) is 0 Å². The van der Waals surface area contributed by atoms with Gasteiger partial charge in [0.1, 0.15) is 18.1 Å². The second-order valence-electron chi connectivity index (χ2n) is 5.23. The van der Waals surface area contributed by atoms with Gasteiger partial charge in [0.2, 0.25) is 0 Å². The third-order valence-corrected chi connectivity index (χ3v) is 4.08. The van der Waals surface area contributed by atoms with Crippen LogP contribution in [0.15, 0.2) is 18.2 Å². The first-order chi connectivity index (χ1) is 9.64. The summed E-state index contributed by atoms with van der Waals surface area (Å²) in [7, 11) is 0. The number of carboxylic acid groups (broad SMARTS) is 1. The fourth-order valence-electron chi connectivity index (χ4n) is 3.03. The van der Waals surface area contributed by atoms with Gasteiger partial charge in [-0.3, -0.25) is 4.90 Å². The number of nitrogens with zero attached hydrogens (tertiary/aromatic N) is 1. The number of hydrogen-bond donors (Lipinski definition) is 3. The lowest BCUT2D eigenvalue weighted by Gasteiger charge is -2.35. The van der Waals surface area contributed by atoms with Gasteiger partial charge in [-0.05, 0) is 25.1 Å². The highest BCUT2D eigenvalue weighted by Crippen LogP contribution is 2.43. The molecule has 2 aliphatic heterocycles. The molecular weight excluding hydrogens is 260 g/mol. The van der Waals surface area contributed by atoms with Gasteiger partial charge in [-0.1, -0.05) is 0 Å². The average Bonchev–Trinajstić information content (AvgIpc) is 2.61. The van der Waals surface area contributed by atoms with Gasteiger partial charge in [0.25, 0.3) is 0 Å². The predicted molar refractivity (Wildman–Crippen MR) is 72.0 cm³/mol. The Balaban J connectivity index is 2.04. The van der Waals surface area contributed by atoms with Crippen molar-refractivity contribution in [3.63, 3.8) is 0 Å². The Labute approximate surface area is 117 Å². The van der Waals surface area contributed by atoms with Crippen LogP contribution in [0, 0.1) is 0 Å². The minimum absolute atomic E-state index is 0.0844. The van der Waals surface area contributed by atoms with Crippen LogP contribution in [0.25, 0.3) is 0 Å². The van der Waals surface area contributed by atoms with Crippen molar-refractivity contribution in [3.8, 4) is 11.5 Å². The fourth-order valence-corrected chi connectivity index (χ4v) is 3.03. The highest BCUT2D eigenvalue weighted by atomic mass is 16.5. The smallest absolute Gasteiger partial charge is 0.332 e. The molecule has 1 aromatic rings. The molecule has 1 aromatic carbocycles. The number of nitrogens with one attached hydrogen (secondary N) is 1. The number of aromatic hydroxyl groups is 1. The summed E-state index contributed by atoms with van der Waals surface area (Å²) >= 11 is 0. The summed E-state index contributed by atoms with van der Waals surface area (Å²) in [5.41, 5.74) is -0.514. The summed E-state index contributed by atoms with van der Waals surface area (Å²) in [6.45, 7) is 3.12. The molecule has 0 aromatic heterocycles. The molecule has 0 radical (unpaired) electrons. The highest BCUT2D eigenvalue weighted by Gasteiger charge is 2.52. The number of benzene rings is 1. The second kappa shape index (κ2) is 4.96. The van der Waals surface area contributed by atoms with Crippen molar-refractivity contribution in [3.05, 3.63) is 23.8 Å². The van der Waals surface area contributed by atoms with E-state index in [0.717, 1.165) is 19.5 Å². The molecule has 0 spiro atoms. The summed E-state index contributed by atoms with van der Waals surface area (Å²) in [6, 6.07) is 4.65. The van der Waals surface area contributed by atoms with E-state index in [2.05, 4.69) is 5.32 Å². The summed E-state index contributed by atoms with van der Waals surface area (Å²) in [6.07, 6.45) is 0.905. The first-order valence-electron chi connectivity index (χ1n) is 6.80. The zero-order valence-corrected chi connectivity index (χ0v) is 11.1. The molecule has 2 aliphatic rings. The maximum atomic E-state index is 12.0. The van der Waals surface area contributed by atoms with E-state index in [-0.39, 0.29) is 12.4 Å². The van der Waals surface area contributed by atoms with E-state index in [1.54, 1.807) is 6.07 Å². The quantitative estimate of drug-likeness (QED) is 0.724. The molecule has 2 heterocycles. The molecule has 6 nitrogen and oxygen atoms in total. The molecule has 0 saturated carbocycles. The van der Waals surface area contributed by atoms with Crippen molar-refractivity contribution in [2.45, 2.75) is 12.0 Å². The van der Waals surface area contributed by atoms with E-state index < -0.39 is 11.5 Å². The Morgan fingerprint density at radius 1 is 1.35 bits per heavy atom. The molecule has 1 saturated heterocycles. The molecular formula is C14H18N2O4. The number of phenolic OH excluding ortho intramolecular Hbond substituents is 1. The van der Waals surface area contributed by atoms with Crippen molar-refractivity contribution in [2.75, 3.05) is 32.8 Å². The lowest BCUT2D eigenvalue weighted by atomic mass is 9.89. The number of phenols is 1. The number of ether oxygens (including phenoxy) is 1. The minimum atomic E-state index is -1.14. The summed E-state index contributed by atoms with van der Waals surface area (Å²) in [4.78, 5) is 13.9. The summed E-state index contributed by atoms with van der Waals surface area (Å²) in [5.74, 6) is -0.351. The van der Waals surface area contributed by atoms with Crippen LogP contribution in [0.4, 0.5) is 0 Å². The Kier molecular flexibility index (Phi) is 3.27. The van der Waals surface area contributed by atoms with Gasteiger partial charge in [-0.25, -0.2) is 4.79 Å². The van der Waals surface area contributed by atoms with E-state index in [0.29, 0.717) is 24.4 Å². The van der Waals surface area contributed by atoms with Gasteiger partial charge >= 0.3 is 5.97 Å². The topological polar surface area (TPSA) is 82.0 Å². The number of fused-ring (bicyclic) bond motifs is 1. The molecule has 1 atom stereocenters. The maximum Gasteiger partial charge on any atom is 0.332 e. The number of aliphatic carboxylic acids is 1. The highest BCUT2D eigenvalue weighted by molar-refractivity contribution is 5.83. The van der Waals surface area contributed by atoms with E-state index in [9.17, 15) is 15.0 Å². The zero-order valence-electron chi connectivity index (χ0n) is 11.1. The number of rotatable bonds is 2. The second-order valence-corrected chi connectivity index (χ2v) is 5.23. The Morgan fingerprint density at radius 3 is 3.00 bits per heavy atom. The van der Waals surface area contributed by atoms with E-state index in [1.165, 1.54) is 12.1 Å². The summed E-state index contributed by atoms with van der Waals surface area (Å²) < 4.78 is 5.55. The van der Waals surface area contributed by atoms with Gasteiger partial charge in [0.15, 0.2) is 5.54 Å². The monoisotopic (exact) mass is 278 g/mol. The van der Waals surface area contributed by atoms with Crippen molar-refractivity contribution in [1.82, 2.24) is 10.2 Å². The molecule has 108 valence electrons. The van der Waals surface area contributed by atoms with Crippen LogP contribution < -0.4 is 10.1 Å². The van der Waals surface area contributed by atoms with Crippen LogP contribution >= 0.6 is 0 Å². The molecule has 20 heavy (non-hydrogen) atoms. The van der Waals surface area contributed by atoms with Crippen LogP contribution in [-0.4, -0.2) is 53.9 Å². The molecule has 0 aliphatic carbocycles. The molecule has 3 N–H and O–H groups in total. The van der Waals surface area contributed by atoms with E-state index >= 15 is 0 Å². The number of carbonyl (C=O) groups is 1. The van der Waals surface area contributed by atoms with E-state index in [4.69, 9.17) is 4.74 Å². The lowest BCUT2D eigenvalue weighted by Crippen LogP contribution is -2.54. The van der Waals surface area contributed by atoms with Crippen molar-refractivity contribution >= 4 is 5.97 Å². The van der Waals surface area contributed by atoms with Crippen molar-refractivity contribution < 1.29 is 19.7 Å². The van der Waals surface area contributed by atoms with Gasteiger partial charge in [0, 0.05) is 31.3 Å². The molecule has 1 fully saturated rings. The Hall–Kier alpha value is -1.79. The van der Waals surface area contributed by atoms with Crippen molar-refractivity contribution in [2.24, 2.45) is 0 Å². The number of hydrogen-bond acceptors (Lipinski definition) is 5. The van der Waals surface area contributed by atoms with Crippen molar-refractivity contribution in [1.29, 1.82) is 0 Å². The first-order valence-corrected chi connectivity index (χ1v) is 6.80. The molecule has 1 unspecified atom stereocenters. The largest absolute Gasteiger partial charge is 0.508 e. The lowest BCUT2D eigenvalue weighted by molar-refractivity contribution is -0.153. The normalized spacial score (nSPS) is 26.6. The maximum absolute atomic E-state index is 12.0. The van der Waals surface area contributed by atoms with Gasteiger partial charge in [-0.2, -0.15) is 0 Å². The third kappa shape index (κ3) is 1.92. The van der Waals surface area contributed by atoms with Crippen LogP contribution in [0.5, 0.6) is 11.5 Å². The molecule has 3 rings (SSSR count). The Bertz CT molecular complexity index is 526. The van der Waals surface area contributed by atoms with Crippen LogP contribution in [0.2, 0.25) is 0 Å². The van der Waals surface area contributed by atoms with Crippen LogP contribution in [0.1, 0.15) is 12.0 Å². The molecule has 6 heteroatoms. The van der Waals surface area contributed by atoms with Gasteiger partial charge in [0.05, 0.1) is 0 Å². The van der Waals surface area contributed by atoms with Crippen LogP contribution in [-0.2, 0) is 10.3 Å². The van der Waals surface area contributed by atoms with Crippen LogP contribution in [0.3, 0.4) is 0 Å². The standard InChI is InChI=1S/C14H18N2O4/c17-10-2-3-11-12(8-10)20-9-14(11,13(18)19)16-6-1-4-15-5-7-16/h2-3,8,15,17H,1,4-7,9H2,(H,18,19).